The van der Waals surface area contributed by atoms with Crippen molar-refractivity contribution >= 4 is 46.4 Å². The zero-order valence-corrected chi connectivity index (χ0v) is 16.4. The molecule has 0 bridgehead atoms. The molecule has 3 rings (SSSR count). The Labute approximate surface area is 173 Å². The SMILES string of the molecule is O=C(Nc1ccccc1NC(=O)c1ccc(CCl)cc1)c1ccc(CCl)cc1. The van der Waals surface area contributed by atoms with Gasteiger partial charge in [0.2, 0.25) is 0 Å². The number of carbonyl (C=O) groups excluding carboxylic acids is 2. The van der Waals surface area contributed by atoms with Crippen molar-refractivity contribution < 1.29 is 9.59 Å². The summed E-state index contributed by atoms with van der Waals surface area (Å²) < 4.78 is 0. The molecule has 0 aromatic heterocycles. The summed E-state index contributed by atoms with van der Waals surface area (Å²) in [6, 6.07) is 21.1. The number of anilines is 2. The number of carbonyl (C=O) groups is 2. The number of halogens is 2. The van der Waals surface area contributed by atoms with Crippen LogP contribution in [-0.2, 0) is 11.8 Å². The van der Waals surface area contributed by atoms with E-state index in [2.05, 4.69) is 10.6 Å². The molecule has 0 aliphatic carbocycles. The van der Waals surface area contributed by atoms with Crippen molar-refractivity contribution in [1.29, 1.82) is 0 Å². The molecule has 0 saturated carbocycles. The van der Waals surface area contributed by atoms with Gasteiger partial charge in [-0.3, -0.25) is 9.59 Å². The van der Waals surface area contributed by atoms with Crippen molar-refractivity contribution in [2.75, 3.05) is 10.6 Å². The predicted octanol–water partition coefficient (Wildman–Crippen LogP) is 5.67. The molecule has 0 heterocycles. The molecule has 142 valence electrons. The van der Waals surface area contributed by atoms with Gasteiger partial charge in [0.15, 0.2) is 0 Å². The van der Waals surface area contributed by atoms with Gasteiger partial charge >= 0.3 is 0 Å². The molecule has 0 unspecified atom stereocenters. The van der Waals surface area contributed by atoms with E-state index in [0.717, 1.165) is 11.1 Å². The Morgan fingerprint density at radius 3 is 1.29 bits per heavy atom. The molecule has 3 aromatic rings. The number of nitrogens with one attached hydrogen (secondary N) is 2. The van der Waals surface area contributed by atoms with E-state index in [-0.39, 0.29) is 11.8 Å². The highest BCUT2D eigenvalue weighted by Crippen LogP contribution is 2.23. The second-order valence-electron chi connectivity index (χ2n) is 6.11. The summed E-state index contributed by atoms with van der Waals surface area (Å²) >= 11 is 11.6. The van der Waals surface area contributed by atoms with Gasteiger partial charge in [0, 0.05) is 22.9 Å². The minimum atomic E-state index is -0.269. The van der Waals surface area contributed by atoms with Gasteiger partial charge in [-0.05, 0) is 47.5 Å². The molecular formula is C22H18Cl2N2O2. The molecule has 0 spiro atoms. The van der Waals surface area contributed by atoms with E-state index in [1.54, 1.807) is 72.8 Å². The average Bonchev–Trinajstić information content (AvgIpc) is 2.75. The van der Waals surface area contributed by atoms with Crippen molar-refractivity contribution in [3.05, 3.63) is 95.1 Å². The Hall–Kier alpha value is -2.82. The first-order chi connectivity index (χ1) is 13.6. The summed E-state index contributed by atoms with van der Waals surface area (Å²) in [5.74, 6) is 0.245. The molecule has 0 saturated heterocycles. The third-order valence-corrected chi connectivity index (χ3v) is 4.78. The van der Waals surface area contributed by atoms with Crippen LogP contribution in [0.2, 0.25) is 0 Å². The van der Waals surface area contributed by atoms with Crippen molar-refractivity contribution in [3.8, 4) is 0 Å². The molecule has 4 nitrogen and oxygen atoms in total. The third-order valence-electron chi connectivity index (χ3n) is 4.16. The molecule has 0 fully saturated rings. The Morgan fingerprint density at radius 2 is 0.964 bits per heavy atom. The smallest absolute Gasteiger partial charge is 0.255 e. The van der Waals surface area contributed by atoms with E-state index in [1.807, 2.05) is 0 Å². The average molecular weight is 413 g/mol. The molecule has 0 aliphatic rings. The number of hydrogen-bond donors (Lipinski definition) is 2. The Balaban J connectivity index is 1.74. The van der Waals surface area contributed by atoms with Crippen molar-refractivity contribution in [2.45, 2.75) is 11.8 Å². The largest absolute Gasteiger partial charge is 0.320 e. The van der Waals surface area contributed by atoms with Crippen LogP contribution in [-0.4, -0.2) is 11.8 Å². The van der Waals surface area contributed by atoms with E-state index < -0.39 is 0 Å². The Bertz CT molecular complexity index is 890. The van der Waals surface area contributed by atoms with Crippen LogP contribution in [0, 0.1) is 0 Å². The molecule has 28 heavy (non-hydrogen) atoms. The molecule has 2 amide bonds. The summed E-state index contributed by atoms with van der Waals surface area (Å²) in [6.45, 7) is 0. The van der Waals surface area contributed by atoms with Crippen LogP contribution in [0.5, 0.6) is 0 Å². The lowest BCUT2D eigenvalue weighted by molar-refractivity contribution is 0.101. The lowest BCUT2D eigenvalue weighted by Gasteiger charge is -2.13. The van der Waals surface area contributed by atoms with Gasteiger partial charge in [-0.2, -0.15) is 0 Å². The first-order valence-corrected chi connectivity index (χ1v) is 9.69. The van der Waals surface area contributed by atoms with Gasteiger partial charge in [-0.25, -0.2) is 0 Å². The van der Waals surface area contributed by atoms with Gasteiger partial charge in [0.1, 0.15) is 0 Å². The summed E-state index contributed by atoms with van der Waals surface area (Å²) in [7, 11) is 0. The number of alkyl halides is 2. The predicted molar refractivity (Wildman–Crippen MR) is 114 cm³/mol. The number of benzene rings is 3. The van der Waals surface area contributed by atoms with E-state index >= 15 is 0 Å². The van der Waals surface area contributed by atoms with Crippen molar-refractivity contribution in [3.63, 3.8) is 0 Å². The summed E-state index contributed by atoms with van der Waals surface area (Å²) in [5, 5.41) is 5.67. The molecule has 0 aliphatic heterocycles. The maximum Gasteiger partial charge on any atom is 0.255 e. The maximum atomic E-state index is 12.5. The van der Waals surface area contributed by atoms with Gasteiger partial charge in [0.05, 0.1) is 11.4 Å². The zero-order valence-electron chi connectivity index (χ0n) is 14.9. The minimum Gasteiger partial charge on any atom is -0.320 e. The van der Waals surface area contributed by atoms with Crippen molar-refractivity contribution in [2.24, 2.45) is 0 Å². The molecule has 2 N–H and O–H groups in total. The van der Waals surface area contributed by atoms with Gasteiger partial charge < -0.3 is 10.6 Å². The highest BCUT2D eigenvalue weighted by atomic mass is 35.5. The number of hydrogen-bond acceptors (Lipinski definition) is 2. The highest BCUT2D eigenvalue weighted by Gasteiger charge is 2.12. The van der Waals surface area contributed by atoms with Crippen LogP contribution < -0.4 is 10.6 Å². The Morgan fingerprint density at radius 1 is 0.607 bits per heavy atom. The van der Waals surface area contributed by atoms with Crippen LogP contribution in [0.25, 0.3) is 0 Å². The number of para-hydroxylation sites is 2. The molecule has 3 aromatic carbocycles. The highest BCUT2D eigenvalue weighted by molar-refractivity contribution is 6.17. The van der Waals surface area contributed by atoms with Crippen LogP contribution >= 0.6 is 23.2 Å². The summed E-state index contributed by atoms with van der Waals surface area (Å²) in [4.78, 5) is 25.0. The second-order valence-corrected chi connectivity index (χ2v) is 6.65. The fourth-order valence-corrected chi connectivity index (χ4v) is 2.94. The first kappa shape index (κ1) is 19.9. The van der Waals surface area contributed by atoms with E-state index in [9.17, 15) is 9.59 Å². The van der Waals surface area contributed by atoms with E-state index in [4.69, 9.17) is 23.2 Å². The lowest BCUT2D eigenvalue weighted by Crippen LogP contribution is -2.16. The molecule has 0 atom stereocenters. The second kappa shape index (κ2) is 9.40. The topological polar surface area (TPSA) is 58.2 Å². The lowest BCUT2D eigenvalue weighted by atomic mass is 10.1. The standard InChI is InChI=1S/C22H18Cl2N2O2/c23-13-15-5-9-17(10-6-15)21(27)25-19-3-1-2-4-20(19)26-22(28)18-11-7-16(14-24)8-12-18/h1-12H,13-14H2,(H,25,27)(H,26,28). The monoisotopic (exact) mass is 412 g/mol. The third kappa shape index (κ3) is 4.91. The zero-order chi connectivity index (χ0) is 19.9. The van der Waals surface area contributed by atoms with Crippen LogP contribution in [0.4, 0.5) is 11.4 Å². The van der Waals surface area contributed by atoms with Gasteiger partial charge in [0.25, 0.3) is 11.8 Å². The van der Waals surface area contributed by atoms with Gasteiger partial charge in [-0.1, -0.05) is 36.4 Å². The number of rotatable bonds is 6. The molecule has 6 heteroatoms. The van der Waals surface area contributed by atoms with E-state index in [1.165, 1.54) is 0 Å². The van der Waals surface area contributed by atoms with Crippen LogP contribution in [0.3, 0.4) is 0 Å². The van der Waals surface area contributed by atoms with E-state index in [0.29, 0.717) is 34.3 Å². The summed E-state index contributed by atoms with van der Waals surface area (Å²) in [5.41, 5.74) is 3.91. The van der Waals surface area contributed by atoms with Crippen molar-refractivity contribution in [1.82, 2.24) is 0 Å². The van der Waals surface area contributed by atoms with Gasteiger partial charge in [-0.15, -0.1) is 23.2 Å². The molecular weight excluding hydrogens is 395 g/mol. The quantitative estimate of drug-likeness (QED) is 0.512. The molecule has 0 radical (unpaired) electrons. The van der Waals surface area contributed by atoms with Crippen LogP contribution in [0.15, 0.2) is 72.8 Å². The fraction of sp³-hybridized carbons (Fsp3) is 0.0909. The minimum absolute atomic E-state index is 0.269. The number of amides is 2. The fourth-order valence-electron chi connectivity index (χ4n) is 2.58. The first-order valence-electron chi connectivity index (χ1n) is 8.62. The Kier molecular flexibility index (Phi) is 6.69. The normalized spacial score (nSPS) is 10.4. The summed E-state index contributed by atoms with van der Waals surface area (Å²) in [6.07, 6.45) is 0. The maximum absolute atomic E-state index is 12.5. The van der Waals surface area contributed by atoms with Crippen LogP contribution in [0.1, 0.15) is 31.8 Å².